The Morgan fingerprint density at radius 2 is 1.91 bits per heavy atom. The Labute approximate surface area is 129 Å². The van der Waals surface area contributed by atoms with E-state index in [0.29, 0.717) is 5.69 Å². The van der Waals surface area contributed by atoms with Gasteiger partial charge in [0, 0.05) is 18.3 Å². The SMILES string of the molecule is CCCCc1ccc(N=Cc2cc([N+](=O)[O-])ccc2[O-])cc1. The van der Waals surface area contributed by atoms with E-state index in [1.54, 1.807) is 0 Å². The summed E-state index contributed by atoms with van der Waals surface area (Å²) in [5.41, 5.74) is 2.06. The summed E-state index contributed by atoms with van der Waals surface area (Å²) in [4.78, 5) is 14.4. The number of hydrogen-bond acceptors (Lipinski definition) is 4. The molecule has 2 aromatic carbocycles. The maximum Gasteiger partial charge on any atom is 0.270 e. The van der Waals surface area contributed by atoms with Crippen molar-refractivity contribution in [3.8, 4) is 5.75 Å². The maximum atomic E-state index is 11.7. The molecule has 0 atom stereocenters. The van der Waals surface area contributed by atoms with E-state index in [9.17, 15) is 15.2 Å². The molecule has 0 saturated heterocycles. The van der Waals surface area contributed by atoms with Crippen molar-refractivity contribution < 1.29 is 10.0 Å². The van der Waals surface area contributed by atoms with Crippen LogP contribution >= 0.6 is 0 Å². The summed E-state index contributed by atoms with van der Waals surface area (Å²) in [6, 6.07) is 11.4. The van der Waals surface area contributed by atoms with Crippen LogP contribution in [0.2, 0.25) is 0 Å². The second-order valence-corrected chi connectivity index (χ2v) is 5.01. The van der Waals surface area contributed by atoms with Crippen LogP contribution in [-0.2, 0) is 6.42 Å². The van der Waals surface area contributed by atoms with E-state index in [2.05, 4.69) is 11.9 Å². The summed E-state index contributed by atoms with van der Waals surface area (Å²) in [6.07, 6.45) is 4.71. The number of non-ortho nitro benzene ring substituents is 1. The maximum absolute atomic E-state index is 11.7. The molecule has 22 heavy (non-hydrogen) atoms. The highest BCUT2D eigenvalue weighted by atomic mass is 16.6. The lowest BCUT2D eigenvalue weighted by Gasteiger charge is -2.08. The zero-order valence-corrected chi connectivity index (χ0v) is 12.4. The largest absolute Gasteiger partial charge is 0.872 e. The molecule has 2 rings (SSSR count). The van der Waals surface area contributed by atoms with E-state index in [0.717, 1.165) is 19.3 Å². The Bertz CT molecular complexity index is 679. The predicted octanol–water partition coefficient (Wildman–Crippen LogP) is 3.76. The summed E-state index contributed by atoms with van der Waals surface area (Å²) in [5.74, 6) is -0.283. The fourth-order valence-electron chi connectivity index (χ4n) is 2.02. The van der Waals surface area contributed by atoms with Gasteiger partial charge in [0.2, 0.25) is 0 Å². The lowest BCUT2D eigenvalue weighted by atomic mass is 10.1. The number of aryl methyl sites for hydroxylation is 1. The molecule has 0 saturated carbocycles. The molecule has 0 amide bonds. The molecular weight excluding hydrogens is 280 g/mol. The van der Waals surface area contributed by atoms with Gasteiger partial charge in [-0.15, -0.1) is 0 Å². The van der Waals surface area contributed by atoms with Crippen LogP contribution in [0.25, 0.3) is 0 Å². The van der Waals surface area contributed by atoms with Gasteiger partial charge in [-0.25, -0.2) is 0 Å². The van der Waals surface area contributed by atoms with Gasteiger partial charge in [-0.2, -0.15) is 0 Å². The second kappa shape index (κ2) is 7.36. The van der Waals surface area contributed by atoms with Crippen molar-refractivity contribution in [1.82, 2.24) is 0 Å². The predicted molar refractivity (Wildman–Crippen MR) is 84.9 cm³/mol. The minimum Gasteiger partial charge on any atom is -0.872 e. The summed E-state index contributed by atoms with van der Waals surface area (Å²) < 4.78 is 0. The zero-order valence-electron chi connectivity index (χ0n) is 12.4. The van der Waals surface area contributed by atoms with Gasteiger partial charge in [0.1, 0.15) is 0 Å². The highest BCUT2D eigenvalue weighted by Gasteiger charge is 2.05. The number of unbranched alkanes of at least 4 members (excludes halogenated alkanes) is 1. The smallest absolute Gasteiger partial charge is 0.270 e. The fraction of sp³-hybridized carbons (Fsp3) is 0.235. The van der Waals surface area contributed by atoms with Crippen LogP contribution in [0, 0.1) is 10.1 Å². The van der Waals surface area contributed by atoms with Gasteiger partial charge in [-0.3, -0.25) is 15.1 Å². The average molecular weight is 297 g/mol. The second-order valence-electron chi connectivity index (χ2n) is 5.01. The minimum atomic E-state index is -0.528. The van der Waals surface area contributed by atoms with Gasteiger partial charge in [0.05, 0.1) is 10.6 Å². The first kappa shape index (κ1) is 15.7. The first-order chi connectivity index (χ1) is 10.6. The molecule has 114 valence electrons. The van der Waals surface area contributed by atoms with Crippen LogP contribution < -0.4 is 5.11 Å². The lowest BCUT2D eigenvalue weighted by molar-refractivity contribution is -0.385. The molecule has 5 nitrogen and oxygen atoms in total. The molecule has 0 aliphatic rings. The van der Waals surface area contributed by atoms with Gasteiger partial charge in [0.25, 0.3) is 5.69 Å². The summed E-state index contributed by atoms with van der Waals surface area (Å²) in [5, 5.41) is 22.4. The van der Waals surface area contributed by atoms with Crippen molar-refractivity contribution in [1.29, 1.82) is 0 Å². The number of nitro benzene ring substituents is 1. The van der Waals surface area contributed by atoms with Crippen molar-refractivity contribution >= 4 is 17.6 Å². The van der Waals surface area contributed by atoms with E-state index >= 15 is 0 Å². The van der Waals surface area contributed by atoms with Gasteiger partial charge < -0.3 is 5.11 Å². The third-order valence-electron chi connectivity index (χ3n) is 3.31. The first-order valence-corrected chi connectivity index (χ1v) is 7.18. The van der Waals surface area contributed by atoms with Gasteiger partial charge in [-0.1, -0.05) is 37.3 Å². The van der Waals surface area contributed by atoms with Crippen LogP contribution in [0.1, 0.15) is 30.9 Å². The van der Waals surface area contributed by atoms with Crippen LogP contribution in [0.15, 0.2) is 47.5 Å². The Morgan fingerprint density at radius 3 is 2.55 bits per heavy atom. The summed E-state index contributed by atoms with van der Waals surface area (Å²) in [6.45, 7) is 2.15. The molecule has 2 aromatic rings. The topological polar surface area (TPSA) is 78.6 Å². The Morgan fingerprint density at radius 1 is 1.18 bits per heavy atom. The zero-order chi connectivity index (χ0) is 15.9. The normalized spacial score (nSPS) is 11.0. The number of benzene rings is 2. The summed E-state index contributed by atoms with van der Waals surface area (Å²) in [7, 11) is 0. The van der Waals surface area contributed by atoms with E-state index < -0.39 is 4.92 Å². The molecular formula is C17H17N2O3-. The molecule has 0 unspecified atom stereocenters. The van der Waals surface area contributed by atoms with Crippen molar-refractivity contribution in [2.45, 2.75) is 26.2 Å². The van der Waals surface area contributed by atoms with Gasteiger partial charge >= 0.3 is 0 Å². The van der Waals surface area contributed by atoms with Crippen LogP contribution in [0.3, 0.4) is 0 Å². The standard InChI is InChI=1S/C17H18N2O3/c1-2-3-4-13-5-7-15(8-6-13)18-12-14-11-16(19(21)22)9-10-17(14)20/h5-12,20H,2-4H2,1H3/p-1. The van der Waals surface area contributed by atoms with Gasteiger partial charge in [0.15, 0.2) is 0 Å². The van der Waals surface area contributed by atoms with E-state index in [1.807, 2.05) is 24.3 Å². The molecule has 5 heteroatoms. The molecule has 0 fully saturated rings. The molecule has 0 spiro atoms. The fourth-order valence-corrected chi connectivity index (χ4v) is 2.02. The number of aliphatic imine (C=N–C) groups is 1. The average Bonchev–Trinajstić information content (AvgIpc) is 2.53. The van der Waals surface area contributed by atoms with Crippen molar-refractivity contribution in [2.24, 2.45) is 4.99 Å². The first-order valence-electron chi connectivity index (χ1n) is 7.18. The van der Waals surface area contributed by atoms with Crippen LogP contribution in [0.5, 0.6) is 5.75 Å². The molecule has 0 aromatic heterocycles. The third-order valence-corrected chi connectivity index (χ3v) is 3.31. The number of nitrogens with zero attached hydrogens (tertiary/aromatic N) is 2. The van der Waals surface area contributed by atoms with Gasteiger partial charge in [-0.05, 0) is 36.1 Å². The Balaban J connectivity index is 2.14. The number of hydrogen-bond donors (Lipinski definition) is 0. The molecule has 0 radical (unpaired) electrons. The Hall–Kier alpha value is -2.69. The third kappa shape index (κ3) is 4.15. The van der Waals surface area contributed by atoms with Crippen molar-refractivity contribution in [3.63, 3.8) is 0 Å². The van der Waals surface area contributed by atoms with E-state index in [-0.39, 0.29) is 17.0 Å². The molecule has 0 aliphatic heterocycles. The van der Waals surface area contributed by atoms with E-state index in [1.165, 1.54) is 30.0 Å². The van der Waals surface area contributed by atoms with E-state index in [4.69, 9.17) is 0 Å². The molecule has 0 N–H and O–H groups in total. The monoisotopic (exact) mass is 297 g/mol. The van der Waals surface area contributed by atoms with Crippen molar-refractivity contribution in [2.75, 3.05) is 0 Å². The number of rotatable bonds is 6. The minimum absolute atomic E-state index is 0.115. The van der Waals surface area contributed by atoms with Crippen LogP contribution in [0.4, 0.5) is 11.4 Å². The lowest BCUT2D eigenvalue weighted by Crippen LogP contribution is -1.98. The highest BCUT2D eigenvalue weighted by Crippen LogP contribution is 2.21. The Kier molecular flexibility index (Phi) is 5.25. The molecule has 0 aliphatic carbocycles. The summed E-state index contributed by atoms with van der Waals surface area (Å²) >= 11 is 0. The molecule has 0 bridgehead atoms. The van der Waals surface area contributed by atoms with Crippen molar-refractivity contribution in [3.05, 3.63) is 63.7 Å². The van der Waals surface area contributed by atoms with Crippen LogP contribution in [-0.4, -0.2) is 11.1 Å². The number of nitro groups is 1. The molecule has 0 heterocycles. The quantitative estimate of drug-likeness (QED) is 0.462. The highest BCUT2D eigenvalue weighted by molar-refractivity contribution is 5.86.